The molecule has 1 aliphatic rings. The Morgan fingerprint density at radius 3 is 2.82 bits per heavy atom. The molecule has 0 aromatic rings. The zero-order chi connectivity index (χ0) is 13.0. The van der Waals surface area contributed by atoms with Gasteiger partial charge < -0.3 is 10.2 Å². The average molecular weight is 238 g/mol. The van der Waals surface area contributed by atoms with E-state index in [1.807, 2.05) is 10.6 Å². The second-order valence-electron chi connectivity index (χ2n) is 3.36. The van der Waals surface area contributed by atoms with Crippen LogP contribution in [0, 0.1) is 11.3 Å². The quantitative estimate of drug-likeness (QED) is 0.297. The predicted molar refractivity (Wildman–Crippen MR) is 52.9 cm³/mol. The van der Waals surface area contributed by atoms with Crippen LogP contribution in [0.1, 0.15) is 6.92 Å². The van der Waals surface area contributed by atoms with Crippen molar-refractivity contribution in [3.8, 4) is 6.07 Å². The maximum Gasteiger partial charge on any atom is 0.313 e. The normalized spacial score (nSPS) is 19.3. The lowest BCUT2D eigenvalue weighted by Gasteiger charge is -2.30. The Hall–Kier alpha value is -2.43. The van der Waals surface area contributed by atoms with Gasteiger partial charge in [-0.1, -0.05) is 0 Å². The number of rotatable bonds is 1. The van der Waals surface area contributed by atoms with Crippen molar-refractivity contribution in [1.82, 2.24) is 15.5 Å². The van der Waals surface area contributed by atoms with Gasteiger partial charge in [0.05, 0.1) is 6.07 Å². The number of nitriles is 1. The van der Waals surface area contributed by atoms with E-state index in [2.05, 4.69) is 0 Å². The highest BCUT2D eigenvalue weighted by Gasteiger charge is 2.36. The fourth-order valence-electron chi connectivity index (χ4n) is 1.29. The van der Waals surface area contributed by atoms with Crippen LogP contribution in [-0.4, -0.2) is 47.7 Å². The summed E-state index contributed by atoms with van der Waals surface area (Å²) in [6.45, 7) is 0.732. The molecule has 0 radical (unpaired) electrons. The molecular weight excluding hydrogens is 228 g/mol. The molecule has 1 saturated heterocycles. The van der Waals surface area contributed by atoms with Gasteiger partial charge in [0.1, 0.15) is 19.1 Å². The van der Waals surface area contributed by atoms with Crippen LogP contribution in [-0.2, 0) is 19.2 Å². The average Bonchev–Trinajstić information content (AvgIpc) is 2.29. The van der Waals surface area contributed by atoms with Gasteiger partial charge in [-0.3, -0.25) is 24.5 Å². The first-order valence-corrected chi connectivity index (χ1v) is 4.76. The van der Waals surface area contributed by atoms with E-state index in [-0.39, 0.29) is 13.1 Å². The number of amides is 4. The first kappa shape index (κ1) is 12.6. The Morgan fingerprint density at radius 2 is 2.24 bits per heavy atom. The molecule has 0 spiro atoms. The first-order valence-electron chi connectivity index (χ1n) is 4.76. The second-order valence-corrected chi connectivity index (χ2v) is 3.36. The lowest BCUT2D eigenvalue weighted by Crippen LogP contribution is -2.60. The minimum absolute atomic E-state index is 0.313. The Balaban J connectivity index is 2.74. The molecular formula is C9H10N4O4. The van der Waals surface area contributed by atoms with Crippen LogP contribution in [0.15, 0.2) is 0 Å². The van der Waals surface area contributed by atoms with Crippen molar-refractivity contribution in [2.45, 2.75) is 13.0 Å². The Morgan fingerprint density at radius 1 is 1.59 bits per heavy atom. The fourth-order valence-corrected chi connectivity index (χ4v) is 1.29. The summed E-state index contributed by atoms with van der Waals surface area (Å²) >= 11 is 0. The van der Waals surface area contributed by atoms with Crippen LogP contribution in [0.25, 0.3) is 0 Å². The van der Waals surface area contributed by atoms with Gasteiger partial charge in [-0.15, -0.1) is 0 Å². The van der Waals surface area contributed by atoms with Crippen LogP contribution >= 0.6 is 0 Å². The maximum atomic E-state index is 11.6. The van der Waals surface area contributed by atoms with Crippen LogP contribution in [0.2, 0.25) is 0 Å². The molecule has 1 fully saturated rings. The largest absolute Gasteiger partial charge is 0.335 e. The summed E-state index contributed by atoms with van der Waals surface area (Å²) in [6.07, 6.45) is 0. The number of carbonyl (C=O) groups excluding carboxylic acids is 4. The topological polar surface area (TPSA) is 119 Å². The summed E-state index contributed by atoms with van der Waals surface area (Å²) in [5.74, 6) is -3.30. The fraction of sp³-hybridized carbons (Fsp3) is 0.444. The zero-order valence-electron chi connectivity index (χ0n) is 9.02. The summed E-state index contributed by atoms with van der Waals surface area (Å²) in [4.78, 5) is 46.0. The van der Waals surface area contributed by atoms with Crippen LogP contribution in [0.5, 0.6) is 0 Å². The molecule has 8 heteroatoms. The highest BCUT2D eigenvalue weighted by Crippen LogP contribution is 2.04. The Kier molecular flexibility index (Phi) is 3.77. The molecule has 1 unspecified atom stereocenters. The predicted octanol–water partition coefficient (Wildman–Crippen LogP) is -2.50. The summed E-state index contributed by atoms with van der Waals surface area (Å²) in [7, 11) is 0. The van der Waals surface area contributed by atoms with E-state index in [0.29, 0.717) is 0 Å². The maximum absolute atomic E-state index is 11.6. The van der Waals surface area contributed by atoms with E-state index in [1.165, 1.54) is 6.92 Å². The number of nitrogens with zero attached hydrogens (tertiary/aromatic N) is 2. The monoisotopic (exact) mass is 238 g/mol. The molecule has 0 aromatic carbocycles. The van der Waals surface area contributed by atoms with Gasteiger partial charge >= 0.3 is 11.8 Å². The molecule has 1 atom stereocenters. The van der Waals surface area contributed by atoms with Gasteiger partial charge in [-0.25, -0.2) is 0 Å². The van der Waals surface area contributed by atoms with Gasteiger partial charge in [0.2, 0.25) is 11.8 Å². The van der Waals surface area contributed by atoms with Crippen LogP contribution in [0.4, 0.5) is 0 Å². The van der Waals surface area contributed by atoms with Gasteiger partial charge in [-0.2, -0.15) is 5.26 Å². The van der Waals surface area contributed by atoms with Gasteiger partial charge in [0.25, 0.3) is 0 Å². The van der Waals surface area contributed by atoms with Crippen molar-refractivity contribution >= 4 is 23.6 Å². The third-order valence-electron chi connectivity index (χ3n) is 2.21. The number of hydrogen-bond acceptors (Lipinski definition) is 5. The van der Waals surface area contributed by atoms with Crippen molar-refractivity contribution in [1.29, 1.82) is 5.26 Å². The van der Waals surface area contributed by atoms with Crippen LogP contribution < -0.4 is 10.6 Å². The summed E-state index contributed by atoms with van der Waals surface area (Å²) < 4.78 is 0. The number of imide groups is 1. The third kappa shape index (κ3) is 2.78. The molecule has 4 amide bonds. The molecule has 0 saturated carbocycles. The molecule has 17 heavy (non-hydrogen) atoms. The standard InChI is InChI=1S/C9H10N4O4/c1-5-7(15)12-6(14)4-13(5)9(17)8(16)11-3-2-10/h5H,3-4H2,1H3,(H,11,16)(H,12,14,15). The number of nitrogens with one attached hydrogen (secondary N) is 2. The number of carbonyl (C=O) groups is 4. The van der Waals surface area contributed by atoms with Gasteiger partial charge in [0.15, 0.2) is 0 Å². The van der Waals surface area contributed by atoms with Crippen LogP contribution in [0.3, 0.4) is 0 Å². The van der Waals surface area contributed by atoms with Crippen molar-refractivity contribution in [3.05, 3.63) is 0 Å². The molecule has 0 bridgehead atoms. The SMILES string of the molecule is CC1C(=O)NC(=O)CN1C(=O)C(=O)NCC#N. The van der Waals surface area contributed by atoms with Gasteiger partial charge in [0, 0.05) is 0 Å². The first-order chi connectivity index (χ1) is 7.97. The lowest BCUT2D eigenvalue weighted by atomic mass is 10.2. The summed E-state index contributed by atoms with van der Waals surface area (Å²) in [6, 6.07) is 0.741. The Labute approximate surface area is 96.6 Å². The molecule has 8 nitrogen and oxygen atoms in total. The zero-order valence-corrected chi connectivity index (χ0v) is 9.02. The molecule has 1 heterocycles. The molecule has 90 valence electrons. The molecule has 1 rings (SSSR count). The second kappa shape index (κ2) is 5.07. The van der Waals surface area contributed by atoms with Crippen molar-refractivity contribution in [2.24, 2.45) is 0 Å². The Bertz CT molecular complexity index is 425. The smallest absolute Gasteiger partial charge is 0.313 e. The molecule has 0 aromatic heterocycles. The molecule has 2 N–H and O–H groups in total. The highest BCUT2D eigenvalue weighted by atomic mass is 16.2. The van der Waals surface area contributed by atoms with E-state index in [0.717, 1.165) is 4.90 Å². The van der Waals surface area contributed by atoms with E-state index >= 15 is 0 Å². The van der Waals surface area contributed by atoms with Gasteiger partial charge in [-0.05, 0) is 6.92 Å². The summed E-state index contributed by atoms with van der Waals surface area (Å²) in [5, 5.41) is 12.3. The van der Waals surface area contributed by atoms with E-state index < -0.39 is 29.7 Å². The lowest BCUT2D eigenvalue weighted by molar-refractivity contribution is -0.154. The van der Waals surface area contributed by atoms with E-state index in [9.17, 15) is 19.2 Å². The summed E-state index contributed by atoms with van der Waals surface area (Å²) in [5.41, 5.74) is 0. The molecule has 1 aliphatic heterocycles. The van der Waals surface area contributed by atoms with E-state index in [1.54, 1.807) is 6.07 Å². The number of hydrogen-bond donors (Lipinski definition) is 2. The minimum atomic E-state index is -1.01. The van der Waals surface area contributed by atoms with E-state index in [4.69, 9.17) is 5.26 Å². The highest BCUT2D eigenvalue weighted by molar-refractivity contribution is 6.36. The third-order valence-corrected chi connectivity index (χ3v) is 2.21. The van der Waals surface area contributed by atoms with Crippen molar-refractivity contribution < 1.29 is 19.2 Å². The number of piperazine rings is 1. The van der Waals surface area contributed by atoms with Crippen molar-refractivity contribution in [3.63, 3.8) is 0 Å². The van der Waals surface area contributed by atoms with Crippen molar-refractivity contribution in [2.75, 3.05) is 13.1 Å². The minimum Gasteiger partial charge on any atom is -0.335 e. The molecule has 0 aliphatic carbocycles.